The van der Waals surface area contributed by atoms with E-state index in [-0.39, 0.29) is 28.3 Å². The number of Topliss-reactive ketones (excluding diaryl/α,β-unsaturated/α-hetero) is 1. The number of benzene rings is 3. The topological polar surface area (TPSA) is 106 Å². The van der Waals surface area contributed by atoms with Crippen LogP contribution in [0.5, 0.6) is 23.0 Å². The van der Waals surface area contributed by atoms with Crippen LogP contribution in [0.1, 0.15) is 17.2 Å². The van der Waals surface area contributed by atoms with E-state index in [1.807, 2.05) is 0 Å². The normalized spacial score (nSPS) is 17.0. The molecule has 8 heteroatoms. The van der Waals surface area contributed by atoms with E-state index < -0.39 is 23.5 Å². The standard InChI is InChI=1S/C26H23NO7/c1-32-15-12-13-17(21(14-15)34-3)24(29)22-23(16-8-4-7-11-20(16)33-2)27(26(31)25(22)30)18-9-5-6-10-19(18)28/h4-14,23,28-29H,1-3H3/b24-22+. The second-order valence-corrected chi connectivity index (χ2v) is 7.47. The van der Waals surface area contributed by atoms with Crippen molar-refractivity contribution in [1.29, 1.82) is 0 Å². The molecule has 1 atom stereocenters. The summed E-state index contributed by atoms with van der Waals surface area (Å²) in [6.45, 7) is 0. The first-order chi connectivity index (χ1) is 16.4. The molecule has 1 aliphatic rings. The molecule has 1 fully saturated rings. The maximum Gasteiger partial charge on any atom is 0.300 e. The van der Waals surface area contributed by atoms with Crippen LogP contribution in [0.2, 0.25) is 0 Å². The molecule has 0 aliphatic carbocycles. The first kappa shape index (κ1) is 22.7. The number of amides is 1. The van der Waals surface area contributed by atoms with Gasteiger partial charge < -0.3 is 24.4 Å². The largest absolute Gasteiger partial charge is 0.507 e. The van der Waals surface area contributed by atoms with E-state index in [2.05, 4.69) is 0 Å². The van der Waals surface area contributed by atoms with E-state index >= 15 is 0 Å². The van der Waals surface area contributed by atoms with Gasteiger partial charge in [-0.05, 0) is 30.3 Å². The summed E-state index contributed by atoms with van der Waals surface area (Å²) in [5.41, 5.74) is 0.627. The Morgan fingerprint density at radius 1 is 0.853 bits per heavy atom. The van der Waals surface area contributed by atoms with Gasteiger partial charge in [0.05, 0.1) is 44.2 Å². The zero-order valence-electron chi connectivity index (χ0n) is 18.8. The summed E-state index contributed by atoms with van der Waals surface area (Å²) in [6.07, 6.45) is 0. The van der Waals surface area contributed by atoms with Gasteiger partial charge in [-0.2, -0.15) is 0 Å². The minimum Gasteiger partial charge on any atom is -0.507 e. The molecule has 3 aromatic carbocycles. The van der Waals surface area contributed by atoms with Gasteiger partial charge in [-0.25, -0.2) is 0 Å². The number of aliphatic hydroxyl groups is 1. The smallest absolute Gasteiger partial charge is 0.300 e. The van der Waals surface area contributed by atoms with E-state index in [1.54, 1.807) is 54.6 Å². The molecule has 1 amide bonds. The Hall–Kier alpha value is -4.46. The average Bonchev–Trinajstić information content (AvgIpc) is 3.13. The highest BCUT2D eigenvalue weighted by Crippen LogP contribution is 2.47. The van der Waals surface area contributed by atoms with Crippen molar-refractivity contribution in [3.8, 4) is 23.0 Å². The highest BCUT2D eigenvalue weighted by molar-refractivity contribution is 6.52. The van der Waals surface area contributed by atoms with Crippen LogP contribution < -0.4 is 19.1 Å². The summed E-state index contributed by atoms with van der Waals surface area (Å²) in [5.74, 6) is -1.27. The SMILES string of the molecule is COc1ccc(/C(O)=C2\C(=O)C(=O)N(c3ccccc3O)C2c2ccccc2OC)c(OC)c1. The van der Waals surface area contributed by atoms with Crippen molar-refractivity contribution in [3.05, 3.63) is 83.4 Å². The predicted octanol–water partition coefficient (Wildman–Crippen LogP) is 4.04. The number of phenols is 1. The molecule has 3 aromatic rings. The molecule has 2 N–H and O–H groups in total. The van der Waals surface area contributed by atoms with Gasteiger partial charge in [-0.15, -0.1) is 0 Å². The maximum atomic E-state index is 13.3. The fourth-order valence-corrected chi connectivity index (χ4v) is 4.07. The number of methoxy groups -OCH3 is 3. The van der Waals surface area contributed by atoms with Crippen molar-refractivity contribution in [2.45, 2.75) is 6.04 Å². The number of ether oxygens (including phenoxy) is 3. The lowest BCUT2D eigenvalue weighted by Crippen LogP contribution is -2.29. The number of anilines is 1. The number of carbonyl (C=O) groups is 2. The first-order valence-electron chi connectivity index (χ1n) is 10.4. The van der Waals surface area contributed by atoms with Crippen LogP contribution in [0.3, 0.4) is 0 Å². The highest BCUT2D eigenvalue weighted by Gasteiger charge is 2.48. The zero-order chi connectivity index (χ0) is 24.4. The minimum absolute atomic E-state index is 0.126. The van der Waals surface area contributed by atoms with Crippen LogP contribution in [0.4, 0.5) is 5.69 Å². The number of hydrogen-bond donors (Lipinski definition) is 2. The minimum atomic E-state index is -1.07. The molecule has 0 saturated carbocycles. The average molecular weight is 461 g/mol. The number of nitrogens with zero attached hydrogens (tertiary/aromatic N) is 1. The van der Waals surface area contributed by atoms with Crippen molar-refractivity contribution in [3.63, 3.8) is 0 Å². The van der Waals surface area contributed by atoms with Crippen LogP contribution >= 0.6 is 0 Å². The van der Waals surface area contributed by atoms with Crippen molar-refractivity contribution >= 4 is 23.1 Å². The Morgan fingerprint density at radius 3 is 2.21 bits per heavy atom. The molecule has 1 heterocycles. The maximum absolute atomic E-state index is 13.3. The highest BCUT2D eigenvalue weighted by atomic mass is 16.5. The second kappa shape index (κ2) is 9.19. The molecule has 0 radical (unpaired) electrons. The Morgan fingerprint density at radius 2 is 1.53 bits per heavy atom. The monoisotopic (exact) mass is 461 g/mol. The number of aliphatic hydroxyl groups excluding tert-OH is 1. The van der Waals surface area contributed by atoms with Gasteiger partial charge in [0.15, 0.2) is 0 Å². The van der Waals surface area contributed by atoms with Crippen LogP contribution in [-0.2, 0) is 9.59 Å². The molecule has 174 valence electrons. The zero-order valence-corrected chi connectivity index (χ0v) is 18.8. The Labute approximate surface area is 196 Å². The summed E-state index contributed by atoms with van der Waals surface area (Å²) < 4.78 is 16.1. The van der Waals surface area contributed by atoms with E-state index in [1.165, 1.54) is 33.5 Å². The van der Waals surface area contributed by atoms with Crippen molar-refractivity contribution in [2.24, 2.45) is 0 Å². The Balaban J connectivity index is 2.02. The molecule has 1 saturated heterocycles. The number of phenolic OH excluding ortho intramolecular Hbond substituents is 1. The van der Waals surface area contributed by atoms with E-state index in [4.69, 9.17) is 14.2 Å². The molecule has 4 rings (SSSR count). The number of carbonyl (C=O) groups excluding carboxylic acids is 2. The number of aromatic hydroxyl groups is 1. The molecular weight excluding hydrogens is 438 g/mol. The third-order valence-electron chi connectivity index (χ3n) is 5.68. The van der Waals surface area contributed by atoms with Gasteiger partial charge in [-0.3, -0.25) is 14.5 Å². The molecule has 0 spiro atoms. The molecule has 0 bridgehead atoms. The van der Waals surface area contributed by atoms with Gasteiger partial charge in [0.1, 0.15) is 28.8 Å². The fraction of sp³-hybridized carbons (Fsp3) is 0.154. The summed E-state index contributed by atoms with van der Waals surface area (Å²) in [5, 5.41) is 21.9. The first-order valence-corrected chi connectivity index (χ1v) is 10.4. The van der Waals surface area contributed by atoms with Gasteiger partial charge in [0, 0.05) is 11.6 Å². The fourth-order valence-electron chi connectivity index (χ4n) is 4.07. The number of para-hydroxylation sites is 3. The van der Waals surface area contributed by atoms with Crippen molar-refractivity contribution in [1.82, 2.24) is 0 Å². The summed E-state index contributed by atoms with van der Waals surface area (Å²) in [6, 6.07) is 16.7. The molecular formula is C26H23NO7. The molecule has 1 aliphatic heterocycles. The van der Waals surface area contributed by atoms with Crippen LogP contribution in [0, 0.1) is 0 Å². The van der Waals surface area contributed by atoms with Gasteiger partial charge in [0.25, 0.3) is 11.7 Å². The molecule has 34 heavy (non-hydrogen) atoms. The Kier molecular flexibility index (Phi) is 6.14. The Bertz CT molecular complexity index is 1300. The van der Waals surface area contributed by atoms with Gasteiger partial charge in [-0.1, -0.05) is 30.3 Å². The van der Waals surface area contributed by atoms with Gasteiger partial charge in [0.2, 0.25) is 0 Å². The lowest BCUT2D eigenvalue weighted by molar-refractivity contribution is -0.132. The van der Waals surface area contributed by atoms with Gasteiger partial charge >= 0.3 is 0 Å². The summed E-state index contributed by atoms with van der Waals surface area (Å²) in [7, 11) is 4.38. The van der Waals surface area contributed by atoms with E-state index in [0.29, 0.717) is 17.1 Å². The predicted molar refractivity (Wildman–Crippen MR) is 125 cm³/mol. The third kappa shape index (κ3) is 3.69. The van der Waals surface area contributed by atoms with E-state index in [9.17, 15) is 19.8 Å². The third-order valence-corrected chi connectivity index (χ3v) is 5.68. The second-order valence-electron chi connectivity index (χ2n) is 7.47. The molecule has 0 aromatic heterocycles. The van der Waals surface area contributed by atoms with Crippen LogP contribution in [0.25, 0.3) is 5.76 Å². The lowest BCUT2D eigenvalue weighted by atomic mass is 9.94. The van der Waals surface area contributed by atoms with Crippen molar-refractivity contribution in [2.75, 3.05) is 26.2 Å². The van der Waals surface area contributed by atoms with Crippen LogP contribution in [-0.4, -0.2) is 43.2 Å². The molecule has 8 nitrogen and oxygen atoms in total. The summed E-state index contributed by atoms with van der Waals surface area (Å²) in [4.78, 5) is 27.8. The lowest BCUT2D eigenvalue weighted by Gasteiger charge is -2.27. The van der Waals surface area contributed by atoms with E-state index in [0.717, 1.165) is 4.90 Å². The quantitative estimate of drug-likeness (QED) is 0.324. The summed E-state index contributed by atoms with van der Waals surface area (Å²) >= 11 is 0. The molecule has 1 unspecified atom stereocenters. The van der Waals surface area contributed by atoms with Crippen molar-refractivity contribution < 1.29 is 34.0 Å². The number of ketones is 1. The number of hydrogen-bond acceptors (Lipinski definition) is 7. The van der Waals surface area contributed by atoms with Crippen LogP contribution in [0.15, 0.2) is 72.3 Å². The number of rotatable bonds is 6.